The van der Waals surface area contributed by atoms with E-state index < -0.39 is 8.25 Å². The molecule has 0 spiro atoms. The van der Waals surface area contributed by atoms with Crippen LogP contribution in [0.1, 0.15) is 39.5 Å². The second-order valence-electron chi connectivity index (χ2n) is 3.50. The lowest BCUT2D eigenvalue weighted by Gasteiger charge is -2.07. The van der Waals surface area contributed by atoms with Crippen molar-refractivity contribution in [2.75, 3.05) is 6.61 Å². The average molecular weight is 221 g/mol. The Bertz CT molecular complexity index is 193. The Balaban J connectivity index is 3.55. The number of rotatable bonds is 8. The standard InChI is InChI=1S/C9H17O4P/c1-3-4-5-8(2)6-9(10)7-13-14(11)12/h8H,3-7H2,1-2H3/p+1/t8-/m0/s1. The van der Waals surface area contributed by atoms with Gasteiger partial charge in [0.15, 0.2) is 12.4 Å². The van der Waals surface area contributed by atoms with Crippen LogP contribution >= 0.6 is 8.25 Å². The van der Waals surface area contributed by atoms with E-state index in [2.05, 4.69) is 11.4 Å². The first-order valence-electron chi connectivity index (χ1n) is 4.87. The summed E-state index contributed by atoms with van der Waals surface area (Å²) in [4.78, 5) is 19.5. The number of unbranched alkanes of at least 4 members (excludes halogenated alkanes) is 1. The Morgan fingerprint density at radius 2 is 2.21 bits per heavy atom. The van der Waals surface area contributed by atoms with E-state index in [4.69, 9.17) is 4.89 Å². The molecule has 0 aromatic rings. The van der Waals surface area contributed by atoms with Crippen LogP contribution in [0.25, 0.3) is 0 Å². The van der Waals surface area contributed by atoms with Gasteiger partial charge in [0.2, 0.25) is 0 Å². The van der Waals surface area contributed by atoms with E-state index in [0.717, 1.165) is 19.3 Å². The molecule has 0 rings (SSSR count). The number of carbonyl (C=O) groups is 1. The molecule has 0 fully saturated rings. The van der Waals surface area contributed by atoms with Crippen LogP contribution in [-0.2, 0) is 13.9 Å². The molecule has 0 aliphatic heterocycles. The van der Waals surface area contributed by atoms with Gasteiger partial charge in [-0.2, -0.15) is 0 Å². The summed E-state index contributed by atoms with van der Waals surface area (Å²) in [6.07, 6.45) is 3.69. The van der Waals surface area contributed by atoms with Gasteiger partial charge >= 0.3 is 8.25 Å². The first kappa shape index (κ1) is 13.7. The fourth-order valence-electron chi connectivity index (χ4n) is 1.23. The molecule has 0 heterocycles. The molecule has 0 amide bonds. The molecule has 2 atom stereocenters. The van der Waals surface area contributed by atoms with Crippen LogP contribution in [0, 0.1) is 5.92 Å². The van der Waals surface area contributed by atoms with Gasteiger partial charge in [-0.05, 0) is 5.92 Å². The fourth-order valence-corrected chi connectivity index (χ4v) is 1.48. The van der Waals surface area contributed by atoms with E-state index in [1.807, 2.05) is 6.92 Å². The van der Waals surface area contributed by atoms with Crippen molar-refractivity contribution in [2.24, 2.45) is 5.92 Å². The quantitative estimate of drug-likeness (QED) is 0.639. The van der Waals surface area contributed by atoms with Crippen molar-refractivity contribution in [3.05, 3.63) is 0 Å². The van der Waals surface area contributed by atoms with E-state index in [0.29, 0.717) is 12.3 Å². The van der Waals surface area contributed by atoms with Gasteiger partial charge in [-0.1, -0.05) is 33.1 Å². The van der Waals surface area contributed by atoms with Gasteiger partial charge in [0.05, 0.1) is 0 Å². The Hall–Kier alpha value is -0.310. The molecule has 1 N–H and O–H groups in total. The van der Waals surface area contributed by atoms with E-state index in [1.165, 1.54) is 0 Å². The van der Waals surface area contributed by atoms with Crippen molar-refractivity contribution in [3.63, 3.8) is 0 Å². The lowest BCUT2D eigenvalue weighted by Crippen LogP contribution is -2.10. The largest absolute Gasteiger partial charge is 0.695 e. The van der Waals surface area contributed by atoms with Crippen LogP contribution in [0.4, 0.5) is 0 Å². The summed E-state index contributed by atoms with van der Waals surface area (Å²) in [7, 11) is -2.64. The SMILES string of the molecule is CCCC[C@H](C)CC(=O)CO[P+](=O)O. The summed E-state index contributed by atoms with van der Waals surface area (Å²) in [5.41, 5.74) is 0. The number of ketones is 1. The molecule has 5 heteroatoms. The highest BCUT2D eigenvalue weighted by Gasteiger charge is 2.17. The second-order valence-corrected chi connectivity index (χ2v) is 4.24. The van der Waals surface area contributed by atoms with Crippen molar-refractivity contribution >= 4 is 14.0 Å². The smallest absolute Gasteiger partial charge is 0.297 e. The van der Waals surface area contributed by atoms with Gasteiger partial charge < -0.3 is 0 Å². The highest BCUT2D eigenvalue weighted by molar-refractivity contribution is 7.32. The number of Topliss-reactive ketones (excluding diaryl/α,β-unsaturated/α-hetero) is 1. The summed E-state index contributed by atoms with van der Waals surface area (Å²) in [6.45, 7) is 3.86. The zero-order valence-electron chi connectivity index (χ0n) is 8.73. The van der Waals surface area contributed by atoms with Gasteiger partial charge in [-0.3, -0.25) is 4.79 Å². The normalized spacial score (nSPS) is 13.8. The molecular formula is C9H18O4P+. The van der Waals surface area contributed by atoms with Crippen LogP contribution in [-0.4, -0.2) is 17.3 Å². The number of carbonyl (C=O) groups excluding carboxylic acids is 1. The Morgan fingerprint density at radius 3 is 2.71 bits per heavy atom. The van der Waals surface area contributed by atoms with Crippen molar-refractivity contribution in [2.45, 2.75) is 39.5 Å². The van der Waals surface area contributed by atoms with Gasteiger partial charge in [0.1, 0.15) is 0 Å². The minimum absolute atomic E-state index is 0.106. The predicted octanol–water partition coefficient (Wildman–Crippen LogP) is 2.44. The lowest BCUT2D eigenvalue weighted by atomic mass is 9.99. The van der Waals surface area contributed by atoms with E-state index in [1.54, 1.807) is 0 Å². The first-order chi connectivity index (χ1) is 6.56. The average Bonchev–Trinajstić information content (AvgIpc) is 2.11. The Labute approximate surface area is 85.6 Å². The molecule has 82 valence electrons. The van der Waals surface area contributed by atoms with Crippen molar-refractivity contribution in [3.8, 4) is 0 Å². The maximum atomic E-state index is 11.2. The maximum absolute atomic E-state index is 11.2. The molecule has 0 aliphatic rings. The molecule has 0 radical (unpaired) electrons. The molecule has 0 saturated heterocycles. The van der Waals surface area contributed by atoms with Crippen LogP contribution in [0.5, 0.6) is 0 Å². The third-order valence-corrected chi connectivity index (χ3v) is 2.31. The Kier molecular flexibility index (Phi) is 7.86. The highest BCUT2D eigenvalue weighted by atomic mass is 31.1. The summed E-state index contributed by atoms with van der Waals surface area (Å²) < 4.78 is 14.5. The van der Waals surface area contributed by atoms with Crippen LogP contribution in [0.3, 0.4) is 0 Å². The minimum atomic E-state index is -2.64. The molecule has 0 aliphatic carbocycles. The maximum Gasteiger partial charge on any atom is 0.695 e. The topological polar surface area (TPSA) is 63.6 Å². The molecule has 1 unspecified atom stereocenters. The molecule has 0 bridgehead atoms. The van der Waals surface area contributed by atoms with Gasteiger partial charge in [0, 0.05) is 11.0 Å². The number of hydrogen-bond donors (Lipinski definition) is 1. The first-order valence-corrected chi connectivity index (χ1v) is 6.00. The van der Waals surface area contributed by atoms with E-state index in [-0.39, 0.29) is 12.4 Å². The van der Waals surface area contributed by atoms with Gasteiger partial charge in [0.25, 0.3) is 0 Å². The monoisotopic (exact) mass is 221 g/mol. The lowest BCUT2D eigenvalue weighted by molar-refractivity contribution is -0.121. The van der Waals surface area contributed by atoms with Crippen LogP contribution < -0.4 is 0 Å². The number of hydrogen-bond acceptors (Lipinski definition) is 3. The second kappa shape index (κ2) is 8.04. The van der Waals surface area contributed by atoms with Gasteiger partial charge in [-0.15, -0.1) is 9.42 Å². The summed E-state index contributed by atoms with van der Waals surface area (Å²) in [5, 5.41) is 0. The van der Waals surface area contributed by atoms with Crippen LogP contribution in [0.15, 0.2) is 0 Å². The van der Waals surface area contributed by atoms with Crippen molar-refractivity contribution < 1.29 is 18.8 Å². The zero-order valence-corrected chi connectivity index (χ0v) is 9.63. The highest BCUT2D eigenvalue weighted by Crippen LogP contribution is 2.16. The molecule has 14 heavy (non-hydrogen) atoms. The fraction of sp³-hybridized carbons (Fsp3) is 0.889. The summed E-state index contributed by atoms with van der Waals surface area (Å²) in [5.74, 6) is 0.230. The van der Waals surface area contributed by atoms with Crippen molar-refractivity contribution in [1.82, 2.24) is 0 Å². The third-order valence-electron chi connectivity index (χ3n) is 1.96. The molecule has 0 saturated carbocycles. The molecule has 4 nitrogen and oxygen atoms in total. The molecule has 0 aromatic carbocycles. The minimum Gasteiger partial charge on any atom is -0.297 e. The zero-order chi connectivity index (χ0) is 11.0. The summed E-state index contributed by atoms with van der Waals surface area (Å²) >= 11 is 0. The van der Waals surface area contributed by atoms with Crippen LogP contribution in [0.2, 0.25) is 0 Å². The van der Waals surface area contributed by atoms with Crippen molar-refractivity contribution in [1.29, 1.82) is 0 Å². The van der Waals surface area contributed by atoms with Gasteiger partial charge in [-0.25, -0.2) is 0 Å². The molecule has 0 aromatic heterocycles. The Morgan fingerprint density at radius 1 is 1.57 bits per heavy atom. The molecular weight excluding hydrogens is 203 g/mol. The van der Waals surface area contributed by atoms with E-state index in [9.17, 15) is 9.36 Å². The third kappa shape index (κ3) is 8.30. The predicted molar refractivity (Wildman–Crippen MR) is 54.1 cm³/mol. The summed E-state index contributed by atoms with van der Waals surface area (Å²) in [6, 6.07) is 0. The van der Waals surface area contributed by atoms with E-state index >= 15 is 0 Å².